The van der Waals surface area contributed by atoms with E-state index in [-0.39, 0.29) is 10.5 Å². The summed E-state index contributed by atoms with van der Waals surface area (Å²) in [6, 6.07) is 19.7. The van der Waals surface area contributed by atoms with Crippen molar-refractivity contribution in [2.75, 3.05) is 0 Å². The molecule has 0 aliphatic rings. The Labute approximate surface area is 111 Å². The van der Waals surface area contributed by atoms with Crippen LogP contribution in [-0.2, 0) is 0 Å². The van der Waals surface area contributed by atoms with Crippen LogP contribution < -0.4 is 0 Å². The number of fused-ring (bicyclic) bond motifs is 1. The normalized spacial score (nSPS) is 11.9. The molecule has 0 bridgehead atoms. The molecule has 0 spiro atoms. The third-order valence-corrected chi connectivity index (χ3v) is 5.28. The van der Waals surface area contributed by atoms with Crippen molar-refractivity contribution < 1.29 is 0 Å². The lowest BCUT2D eigenvalue weighted by molar-refractivity contribution is 1.69. The highest BCUT2D eigenvalue weighted by atomic mass is 127. The lowest BCUT2D eigenvalue weighted by Crippen LogP contribution is -1.71. The van der Waals surface area contributed by atoms with Crippen molar-refractivity contribution in [3.8, 4) is 4.90 Å². The summed E-state index contributed by atoms with van der Waals surface area (Å²) in [5, 5.41) is 3.68. The summed E-state index contributed by atoms with van der Waals surface area (Å²) in [7, 11) is 0.139. The summed E-state index contributed by atoms with van der Waals surface area (Å²) in [6.45, 7) is 0. The highest BCUT2D eigenvalue weighted by molar-refractivity contribution is 14.1. The zero-order chi connectivity index (χ0) is 11.0. The van der Waals surface area contributed by atoms with Crippen LogP contribution >= 0.6 is 33.1 Å². The highest BCUT2D eigenvalue weighted by Gasteiger charge is 2.14. The predicted octanol–water partition coefficient (Wildman–Crippen LogP) is 5.18. The molecule has 0 saturated carbocycles. The van der Waals surface area contributed by atoms with E-state index < -0.39 is 0 Å². The largest absolute Gasteiger partial charge is 0.186 e. The van der Waals surface area contributed by atoms with Gasteiger partial charge < -0.3 is 0 Å². The summed E-state index contributed by atoms with van der Waals surface area (Å²) >= 11 is 2.37. The number of hydrogen-bond acceptors (Lipinski definition) is 0. The van der Waals surface area contributed by atoms with Gasteiger partial charge in [-0.3, -0.25) is 0 Å². The van der Waals surface area contributed by atoms with Crippen molar-refractivity contribution in [1.29, 1.82) is 0 Å². The Morgan fingerprint density at radius 2 is 1.75 bits per heavy atom. The molecule has 3 aromatic rings. The van der Waals surface area contributed by atoms with Gasteiger partial charge in [-0.15, -0.1) is 0 Å². The summed E-state index contributed by atoms with van der Waals surface area (Å²) < 4.78 is 2.75. The van der Waals surface area contributed by atoms with E-state index in [0.717, 1.165) is 0 Å². The molecule has 2 heteroatoms. The number of rotatable bonds is 1. The first kappa shape index (κ1) is 10.3. The molecule has 2 aromatic carbocycles. The van der Waals surface area contributed by atoms with Gasteiger partial charge in [0.2, 0.25) is 0 Å². The zero-order valence-electron chi connectivity index (χ0n) is 8.56. The van der Waals surface area contributed by atoms with E-state index in [9.17, 15) is 0 Å². The fourth-order valence-corrected chi connectivity index (χ4v) is 4.53. The highest BCUT2D eigenvalue weighted by Crippen LogP contribution is 2.39. The van der Waals surface area contributed by atoms with Gasteiger partial charge in [-0.25, -0.2) is 0 Å². The van der Waals surface area contributed by atoms with Crippen molar-refractivity contribution >= 4 is 43.1 Å². The third-order valence-electron chi connectivity index (χ3n) is 2.59. The summed E-state index contributed by atoms with van der Waals surface area (Å²) in [5.74, 6) is 0. The summed E-state index contributed by atoms with van der Waals surface area (Å²) in [6.07, 6.45) is 0. The molecule has 0 N–H and O–H groups in total. The third kappa shape index (κ3) is 1.76. The summed E-state index contributed by atoms with van der Waals surface area (Å²) in [5.41, 5.74) is 0. The van der Waals surface area contributed by atoms with Crippen LogP contribution in [0.3, 0.4) is 0 Å². The average molecular weight is 337 g/mol. The lowest BCUT2D eigenvalue weighted by atomic mass is 10.3. The van der Waals surface area contributed by atoms with E-state index in [4.69, 9.17) is 0 Å². The van der Waals surface area contributed by atoms with Crippen molar-refractivity contribution in [3.63, 3.8) is 0 Å². The van der Waals surface area contributed by atoms with Gasteiger partial charge in [0, 0.05) is 31.6 Å². The quantitative estimate of drug-likeness (QED) is 0.424. The van der Waals surface area contributed by atoms with Gasteiger partial charge in [0.1, 0.15) is 5.38 Å². The SMILES string of the molecule is Ic1cccc(-[s+]2ccc3ccccc32)c1. The molecular weight excluding hydrogens is 327 g/mol. The molecule has 1 aromatic heterocycles. The maximum absolute atomic E-state index is 2.37. The van der Waals surface area contributed by atoms with Gasteiger partial charge in [0.05, 0.1) is 0 Å². The molecule has 1 heterocycles. The van der Waals surface area contributed by atoms with Gasteiger partial charge in [0.15, 0.2) is 9.60 Å². The molecule has 0 radical (unpaired) electrons. The van der Waals surface area contributed by atoms with Crippen molar-refractivity contribution in [2.24, 2.45) is 0 Å². The smallest absolute Gasteiger partial charge is 0.0613 e. The molecule has 0 aliphatic heterocycles. The Bertz CT molecular complexity index is 640. The van der Waals surface area contributed by atoms with E-state index in [1.54, 1.807) is 0 Å². The minimum absolute atomic E-state index is 0.139. The second kappa shape index (κ2) is 4.18. The Balaban J connectivity index is 2.26. The van der Waals surface area contributed by atoms with Crippen molar-refractivity contribution in [2.45, 2.75) is 0 Å². The maximum atomic E-state index is 2.37. The molecule has 3 rings (SSSR count). The van der Waals surface area contributed by atoms with Crippen LogP contribution in [0.25, 0.3) is 15.0 Å². The van der Waals surface area contributed by atoms with Gasteiger partial charge in [-0.05, 0) is 46.9 Å². The Morgan fingerprint density at radius 1 is 0.875 bits per heavy atom. The number of thiophene rings is 1. The molecule has 0 aliphatic carbocycles. The fourth-order valence-electron chi connectivity index (χ4n) is 1.84. The first-order chi connectivity index (χ1) is 7.84. The minimum Gasteiger partial charge on any atom is -0.0613 e. The molecule has 1 atom stereocenters. The minimum atomic E-state index is 0.139. The molecule has 1 unspecified atom stereocenters. The lowest BCUT2D eigenvalue weighted by Gasteiger charge is -1.92. The van der Waals surface area contributed by atoms with Gasteiger partial charge >= 0.3 is 0 Å². The van der Waals surface area contributed by atoms with Crippen LogP contribution in [0.1, 0.15) is 0 Å². The van der Waals surface area contributed by atoms with Crippen LogP contribution in [0.4, 0.5) is 0 Å². The van der Waals surface area contributed by atoms with E-state index in [2.05, 4.69) is 82.6 Å². The molecule has 0 amide bonds. The molecule has 0 saturated heterocycles. The van der Waals surface area contributed by atoms with Crippen molar-refractivity contribution in [1.82, 2.24) is 0 Å². The van der Waals surface area contributed by atoms with Crippen LogP contribution in [0, 0.1) is 3.57 Å². The standard InChI is InChI=1S/C14H10IS/c15-12-5-3-6-13(10-12)16-9-8-11-4-1-2-7-14(11)16/h1-10H/q+1. The van der Waals surface area contributed by atoms with Crippen LogP contribution in [0.5, 0.6) is 0 Å². The van der Waals surface area contributed by atoms with Crippen LogP contribution in [-0.4, -0.2) is 0 Å². The maximum Gasteiger partial charge on any atom is 0.186 e. The molecule has 0 nitrogen and oxygen atoms in total. The molecule has 78 valence electrons. The van der Waals surface area contributed by atoms with E-state index in [1.165, 1.54) is 18.6 Å². The number of benzene rings is 2. The average Bonchev–Trinajstić information content (AvgIpc) is 2.72. The Hall–Kier alpha value is -0.870. The Kier molecular flexibility index (Phi) is 2.69. The Morgan fingerprint density at radius 3 is 2.62 bits per heavy atom. The zero-order valence-corrected chi connectivity index (χ0v) is 11.5. The topological polar surface area (TPSA) is 0 Å². The molecular formula is C14H10IS+. The van der Waals surface area contributed by atoms with Gasteiger partial charge in [0.25, 0.3) is 0 Å². The molecule has 0 fully saturated rings. The van der Waals surface area contributed by atoms with E-state index in [1.807, 2.05) is 0 Å². The van der Waals surface area contributed by atoms with E-state index >= 15 is 0 Å². The first-order valence-electron chi connectivity index (χ1n) is 5.10. The first-order valence-corrected chi connectivity index (χ1v) is 7.47. The number of halogens is 1. The fraction of sp³-hybridized carbons (Fsp3) is 0. The van der Waals surface area contributed by atoms with E-state index in [0.29, 0.717) is 0 Å². The van der Waals surface area contributed by atoms with Crippen LogP contribution in [0.2, 0.25) is 0 Å². The second-order valence-electron chi connectivity index (χ2n) is 3.64. The molecule has 16 heavy (non-hydrogen) atoms. The van der Waals surface area contributed by atoms with Crippen LogP contribution in [0.15, 0.2) is 60.0 Å². The predicted molar refractivity (Wildman–Crippen MR) is 80.5 cm³/mol. The van der Waals surface area contributed by atoms with Gasteiger partial charge in [-0.2, -0.15) is 0 Å². The van der Waals surface area contributed by atoms with Crippen molar-refractivity contribution in [3.05, 3.63) is 63.5 Å². The number of hydrogen-bond donors (Lipinski definition) is 0. The van der Waals surface area contributed by atoms with Gasteiger partial charge in [-0.1, -0.05) is 18.2 Å². The monoisotopic (exact) mass is 337 g/mol. The summed E-state index contributed by atoms with van der Waals surface area (Å²) in [4.78, 5) is 1.41. The second-order valence-corrected chi connectivity index (χ2v) is 6.74.